The second-order valence-corrected chi connectivity index (χ2v) is 20.7. The minimum atomic E-state index is -0.430. The molecule has 12 rings (SSSR count). The van der Waals surface area contributed by atoms with Gasteiger partial charge in [0.2, 0.25) is 11.8 Å². The summed E-state index contributed by atoms with van der Waals surface area (Å²) in [6, 6.07) is 27.1. The average molecular weight is 837 g/mol. The number of hydrogen-bond donors (Lipinski definition) is 2. The molecule has 4 aromatic carbocycles. The maximum Gasteiger partial charge on any atom is 0.227 e. The van der Waals surface area contributed by atoms with E-state index in [0.29, 0.717) is 25.3 Å². The van der Waals surface area contributed by atoms with E-state index in [4.69, 9.17) is 0 Å². The number of nitrogens with one attached hydrogen (secondary N) is 2. The van der Waals surface area contributed by atoms with Gasteiger partial charge in [-0.3, -0.25) is 14.5 Å². The van der Waals surface area contributed by atoms with Crippen molar-refractivity contribution in [2.45, 2.75) is 94.8 Å². The number of aromatic amines is 2. The SMILES string of the molecule is CC1(C)CC(=O)N2CC(C3(C)CC(=O)N4CCc5cc(CCN6CCC(c7c[nH]c8ccccc78)CC6)cc3c54)c3cc(CCN4CC=C(c5c[nH]c6ccccc56)CC4)cc1c32. The summed E-state index contributed by atoms with van der Waals surface area (Å²) in [5, 5.41) is 2.68. The van der Waals surface area contributed by atoms with Crippen molar-refractivity contribution < 1.29 is 9.59 Å². The van der Waals surface area contributed by atoms with E-state index >= 15 is 0 Å². The molecule has 6 aliphatic heterocycles. The van der Waals surface area contributed by atoms with Crippen LogP contribution in [0.2, 0.25) is 0 Å². The molecule has 1 fully saturated rings. The van der Waals surface area contributed by atoms with Gasteiger partial charge >= 0.3 is 0 Å². The number of likely N-dealkylation sites (tertiary alicyclic amines) is 1. The van der Waals surface area contributed by atoms with Crippen LogP contribution >= 0.6 is 0 Å². The number of nitrogens with zero attached hydrogens (tertiary/aromatic N) is 4. The molecule has 6 aliphatic rings. The van der Waals surface area contributed by atoms with Gasteiger partial charge in [0.05, 0.1) is 11.4 Å². The van der Waals surface area contributed by atoms with Crippen molar-refractivity contribution in [1.29, 1.82) is 0 Å². The minimum Gasteiger partial charge on any atom is -0.361 e. The number of aromatic nitrogens is 2. The number of carbonyl (C=O) groups excluding carboxylic acids is 2. The van der Waals surface area contributed by atoms with Crippen LogP contribution in [0.4, 0.5) is 11.4 Å². The summed E-state index contributed by atoms with van der Waals surface area (Å²) in [5.41, 5.74) is 16.3. The molecule has 2 N–H and O–H groups in total. The van der Waals surface area contributed by atoms with Crippen LogP contribution in [0, 0.1) is 0 Å². The summed E-state index contributed by atoms with van der Waals surface area (Å²) in [6.07, 6.45) is 14.1. The number of rotatable bonds is 9. The molecular formula is C55H60N6O2. The van der Waals surface area contributed by atoms with Gasteiger partial charge in [-0.2, -0.15) is 0 Å². The molecule has 2 aromatic heterocycles. The van der Waals surface area contributed by atoms with E-state index in [1.165, 1.54) is 90.4 Å². The minimum absolute atomic E-state index is 0.0373. The van der Waals surface area contributed by atoms with Gasteiger partial charge in [-0.1, -0.05) is 87.5 Å². The number of piperidine rings is 1. The van der Waals surface area contributed by atoms with E-state index in [2.05, 4.69) is 142 Å². The van der Waals surface area contributed by atoms with Crippen molar-refractivity contribution in [3.8, 4) is 0 Å². The van der Waals surface area contributed by atoms with Gasteiger partial charge in [-0.15, -0.1) is 0 Å². The Hall–Kier alpha value is -5.44. The van der Waals surface area contributed by atoms with Gasteiger partial charge in [-0.05, 0) is 114 Å². The van der Waals surface area contributed by atoms with Crippen molar-refractivity contribution in [2.75, 3.05) is 62.2 Å². The topological polar surface area (TPSA) is 78.7 Å². The molecule has 63 heavy (non-hydrogen) atoms. The first-order chi connectivity index (χ1) is 30.6. The summed E-state index contributed by atoms with van der Waals surface area (Å²) >= 11 is 0. The average Bonchev–Trinajstić information content (AvgIpc) is 4.11. The summed E-state index contributed by atoms with van der Waals surface area (Å²) in [6.45, 7) is 14.5. The third kappa shape index (κ3) is 6.45. The third-order valence-corrected chi connectivity index (χ3v) is 16.5. The molecule has 2 atom stereocenters. The normalized spacial score (nSPS) is 23.5. The van der Waals surface area contributed by atoms with E-state index in [1.54, 1.807) is 0 Å². The van der Waals surface area contributed by atoms with Crippen molar-refractivity contribution >= 4 is 50.6 Å². The first kappa shape index (κ1) is 39.2. The second kappa shape index (κ2) is 14.8. The van der Waals surface area contributed by atoms with Gasteiger partial charge in [0, 0.05) is 109 Å². The molecule has 8 nitrogen and oxygen atoms in total. The van der Waals surface area contributed by atoms with E-state index in [1.807, 2.05) is 0 Å². The molecular weight excluding hydrogens is 777 g/mol. The zero-order valence-corrected chi connectivity index (χ0v) is 37.2. The molecule has 0 aliphatic carbocycles. The van der Waals surface area contributed by atoms with Crippen LogP contribution in [0.25, 0.3) is 27.4 Å². The molecule has 1 saturated heterocycles. The maximum absolute atomic E-state index is 14.2. The highest BCUT2D eigenvalue weighted by Gasteiger charge is 2.54. The standard InChI is InChI=1S/C55H60N6O2/c1-54(2)30-50(62)61-34-47(42-27-36(28-45(54)53(42)61)13-20-59-23-16-38(17-24-59)44-33-57-49-11-7-5-9-41(44)49)55(3)31-51(63)60-25-18-39-26-35(29-46(55)52(39)60)12-19-58-21-14-37(15-22-58)43-32-56-48-10-6-4-8-40(43)48/h4-11,16,26-29,32-33,37,47,56-57H,12-15,17-25,30-31,34H2,1-3H3. The van der Waals surface area contributed by atoms with Crippen LogP contribution in [-0.4, -0.2) is 83.9 Å². The molecule has 2 amide bonds. The number of carbonyl (C=O) groups is 2. The lowest BCUT2D eigenvalue weighted by Crippen LogP contribution is -2.46. The Kier molecular flexibility index (Phi) is 9.21. The Morgan fingerprint density at radius 2 is 1.37 bits per heavy atom. The lowest BCUT2D eigenvalue weighted by molar-refractivity contribution is -0.120. The molecule has 8 heterocycles. The van der Waals surface area contributed by atoms with Crippen molar-refractivity contribution in [1.82, 2.24) is 19.8 Å². The number of amides is 2. The molecule has 0 radical (unpaired) electrons. The van der Waals surface area contributed by atoms with Crippen LogP contribution < -0.4 is 9.80 Å². The first-order valence-corrected chi connectivity index (χ1v) is 23.8. The Morgan fingerprint density at radius 1 is 0.667 bits per heavy atom. The number of para-hydroxylation sites is 2. The number of hydrogen-bond acceptors (Lipinski definition) is 4. The number of anilines is 2. The zero-order valence-electron chi connectivity index (χ0n) is 37.2. The summed E-state index contributed by atoms with van der Waals surface area (Å²) in [7, 11) is 0. The Morgan fingerprint density at radius 3 is 2.16 bits per heavy atom. The lowest BCUT2D eigenvalue weighted by atomic mass is 9.64. The van der Waals surface area contributed by atoms with Crippen molar-refractivity contribution in [3.63, 3.8) is 0 Å². The van der Waals surface area contributed by atoms with Crippen LogP contribution in [0.3, 0.4) is 0 Å². The van der Waals surface area contributed by atoms with E-state index in [0.717, 1.165) is 77.2 Å². The summed E-state index contributed by atoms with van der Waals surface area (Å²) < 4.78 is 0. The van der Waals surface area contributed by atoms with Crippen LogP contribution in [0.15, 0.2) is 91.3 Å². The number of fused-ring (bicyclic) bond motifs is 2. The highest BCUT2D eigenvalue weighted by atomic mass is 16.2. The molecule has 8 heteroatoms. The molecule has 6 aromatic rings. The molecule has 0 saturated carbocycles. The number of H-pyrrole nitrogens is 2. The molecule has 0 bridgehead atoms. The maximum atomic E-state index is 14.2. The summed E-state index contributed by atoms with van der Waals surface area (Å²) in [4.78, 5) is 44.7. The van der Waals surface area contributed by atoms with E-state index in [-0.39, 0.29) is 23.1 Å². The Bertz CT molecular complexity index is 2850. The van der Waals surface area contributed by atoms with Gasteiger partial charge < -0.3 is 24.7 Å². The van der Waals surface area contributed by atoms with Gasteiger partial charge in [-0.25, -0.2) is 0 Å². The van der Waals surface area contributed by atoms with E-state index < -0.39 is 5.41 Å². The molecule has 0 spiro atoms. The Balaban J connectivity index is 0.810. The number of benzene rings is 4. The fourth-order valence-electron chi connectivity index (χ4n) is 12.9. The molecule has 322 valence electrons. The smallest absolute Gasteiger partial charge is 0.227 e. The van der Waals surface area contributed by atoms with Crippen molar-refractivity contribution in [2.24, 2.45) is 0 Å². The van der Waals surface area contributed by atoms with E-state index in [9.17, 15) is 9.59 Å². The van der Waals surface area contributed by atoms with Crippen LogP contribution in [-0.2, 0) is 39.7 Å². The van der Waals surface area contributed by atoms with Crippen LogP contribution in [0.5, 0.6) is 0 Å². The lowest BCUT2D eigenvalue weighted by Gasteiger charge is -2.43. The third-order valence-electron chi connectivity index (χ3n) is 16.5. The van der Waals surface area contributed by atoms with Crippen molar-refractivity contribution in [3.05, 3.63) is 136 Å². The zero-order chi connectivity index (χ0) is 42.6. The largest absolute Gasteiger partial charge is 0.361 e. The first-order valence-electron chi connectivity index (χ1n) is 23.8. The molecule has 2 unspecified atom stereocenters. The highest BCUT2D eigenvalue weighted by Crippen LogP contribution is 2.58. The second-order valence-electron chi connectivity index (χ2n) is 20.7. The fourth-order valence-corrected chi connectivity index (χ4v) is 12.9. The quantitative estimate of drug-likeness (QED) is 0.152. The Labute approximate surface area is 371 Å². The van der Waals surface area contributed by atoms with Gasteiger partial charge in [0.15, 0.2) is 0 Å². The summed E-state index contributed by atoms with van der Waals surface area (Å²) in [5.74, 6) is 1.09. The highest BCUT2D eigenvalue weighted by molar-refractivity contribution is 6.03. The monoisotopic (exact) mass is 836 g/mol. The van der Waals surface area contributed by atoms with Crippen LogP contribution in [0.1, 0.15) is 109 Å². The van der Waals surface area contributed by atoms with Gasteiger partial charge in [0.25, 0.3) is 0 Å². The van der Waals surface area contributed by atoms with Gasteiger partial charge in [0.1, 0.15) is 0 Å². The predicted octanol–water partition coefficient (Wildman–Crippen LogP) is 9.77. The predicted molar refractivity (Wildman–Crippen MR) is 255 cm³/mol. The fraction of sp³-hybridized carbons (Fsp3) is 0.418.